The lowest BCUT2D eigenvalue weighted by atomic mass is 10.2. The number of nitrogens with two attached hydrogens (primary N) is 2. The average molecular weight is 174 g/mol. The number of aromatic nitrogens is 2. The summed E-state index contributed by atoms with van der Waals surface area (Å²) in [6, 6.07) is 9.67. The molecule has 2 aromatic rings. The van der Waals surface area contributed by atoms with E-state index in [2.05, 4.69) is 4.98 Å². The van der Waals surface area contributed by atoms with E-state index in [9.17, 15) is 0 Å². The van der Waals surface area contributed by atoms with Gasteiger partial charge in [0, 0.05) is 5.56 Å². The second-order valence-corrected chi connectivity index (χ2v) is 2.74. The van der Waals surface area contributed by atoms with Crippen LogP contribution in [-0.4, -0.2) is 9.66 Å². The minimum Gasteiger partial charge on any atom is -0.382 e. The highest BCUT2D eigenvalue weighted by Gasteiger charge is 2.05. The quantitative estimate of drug-likeness (QED) is 0.629. The zero-order valence-electron chi connectivity index (χ0n) is 7.01. The summed E-state index contributed by atoms with van der Waals surface area (Å²) in [6.07, 6.45) is 1.54. The van der Waals surface area contributed by atoms with Crippen molar-refractivity contribution in [3.05, 3.63) is 36.5 Å². The number of nitrogens with zero attached hydrogens (tertiary/aromatic N) is 2. The maximum Gasteiger partial charge on any atom is 0.160 e. The molecular weight excluding hydrogens is 164 g/mol. The second-order valence-electron chi connectivity index (χ2n) is 2.74. The Hall–Kier alpha value is -1.97. The molecule has 0 fully saturated rings. The summed E-state index contributed by atoms with van der Waals surface area (Å²) in [5.41, 5.74) is 6.51. The Morgan fingerprint density at radius 2 is 1.85 bits per heavy atom. The van der Waals surface area contributed by atoms with Gasteiger partial charge < -0.3 is 11.6 Å². The summed E-state index contributed by atoms with van der Waals surface area (Å²) in [5.74, 6) is 6.80. The van der Waals surface area contributed by atoms with Gasteiger partial charge >= 0.3 is 0 Å². The Kier molecular flexibility index (Phi) is 1.66. The van der Waals surface area contributed by atoms with E-state index in [0.717, 1.165) is 5.56 Å². The first-order valence-corrected chi connectivity index (χ1v) is 3.93. The summed E-state index contributed by atoms with van der Waals surface area (Å²) in [7, 11) is 0. The molecule has 0 aliphatic carbocycles. The van der Waals surface area contributed by atoms with E-state index >= 15 is 0 Å². The van der Waals surface area contributed by atoms with Gasteiger partial charge in [-0.25, -0.2) is 9.66 Å². The van der Waals surface area contributed by atoms with E-state index in [-0.39, 0.29) is 0 Å². The molecular formula is C9H10N4. The molecule has 13 heavy (non-hydrogen) atoms. The summed E-state index contributed by atoms with van der Waals surface area (Å²) in [4.78, 5) is 4.10. The lowest BCUT2D eigenvalue weighted by molar-refractivity contribution is 1.02. The third-order valence-electron chi connectivity index (χ3n) is 1.86. The molecule has 1 aromatic carbocycles. The number of hydrogen-bond acceptors (Lipinski definition) is 3. The topological polar surface area (TPSA) is 69.9 Å². The Balaban J connectivity index is 2.53. The maximum atomic E-state index is 5.66. The van der Waals surface area contributed by atoms with Gasteiger partial charge in [0.05, 0.1) is 6.20 Å². The predicted octanol–water partition coefficient (Wildman–Crippen LogP) is 0.846. The van der Waals surface area contributed by atoms with Crippen LogP contribution in [0.4, 0.5) is 5.82 Å². The Morgan fingerprint density at radius 3 is 2.38 bits per heavy atom. The Labute approximate surface area is 75.8 Å². The van der Waals surface area contributed by atoms with Crippen LogP contribution in [0.3, 0.4) is 0 Å². The number of nitrogen functional groups attached to an aromatic ring is 2. The Bertz CT molecular complexity index is 405. The van der Waals surface area contributed by atoms with Gasteiger partial charge in [0.2, 0.25) is 0 Å². The number of anilines is 1. The molecule has 0 saturated heterocycles. The molecule has 0 spiro atoms. The Morgan fingerprint density at radius 1 is 1.15 bits per heavy atom. The molecule has 0 aliphatic heterocycles. The molecule has 0 bridgehead atoms. The maximum absolute atomic E-state index is 5.66. The fourth-order valence-corrected chi connectivity index (χ4v) is 1.17. The van der Waals surface area contributed by atoms with Crippen molar-refractivity contribution in [2.24, 2.45) is 0 Å². The highest BCUT2D eigenvalue weighted by Crippen LogP contribution is 2.17. The van der Waals surface area contributed by atoms with Crippen molar-refractivity contribution in [1.29, 1.82) is 0 Å². The monoisotopic (exact) mass is 174 g/mol. The van der Waals surface area contributed by atoms with Gasteiger partial charge in [0.25, 0.3) is 0 Å². The summed E-state index contributed by atoms with van der Waals surface area (Å²) in [5, 5.41) is 0. The largest absolute Gasteiger partial charge is 0.382 e. The second kappa shape index (κ2) is 2.82. The number of rotatable bonds is 1. The number of imidazole rings is 1. The van der Waals surface area contributed by atoms with Gasteiger partial charge in [0.15, 0.2) is 5.82 Å². The predicted molar refractivity (Wildman–Crippen MR) is 52.2 cm³/mol. The fourth-order valence-electron chi connectivity index (χ4n) is 1.17. The van der Waals surface area contributed by atoms with Gasteiger partial charge in [0.1, 0.15) is 5.82 Å². The minimum atomic E-state index is 0.457. The first kappa shape index (κ1) is 7.67. The molecule has 4 heteroatoms. The first-order chi connectivity index (χ1) is 6.29. The molecule has 66 valence electrons. The van der Waals surface area contributed by atoms with Crippen LogP contribution in [0.2, 0.25) is 0 Å². The number of hydrogen-bond donors (Lipinski definition) is 2. The van der Waals surface area contributed by atoms with Crippen LogP contribution < -0.4 is 11.6 Å². The zero-order valence-corrected chi connectivity index (χ0v) is 7.01. The summed E-state index contributed by atoms with van der Waals surface area (Å²) >= 11 is 0. The van der Waals surface area contributed by atoms with Crippen molar-refractivity contribution < 1.29 is 0 Å². The lowest BCUT2D eigenvalue weighted by Gasteiger charge is -2.01. The fraction of sp³-hybridized carbons (Fsp3) is 0. The molecule has 0 aliphatic rings. The highest BCUT2D eigenvalue weighted by molar-refractivity contribution is 5.58. The molecule has 1 heterocycles. The van der Waals surface area contributed by atoms with Crippen molar-refractivity contribution in [2.45, 2.75) is 0 Å². The van der Waals surface area contributed by atoms with E-state index in [0.29, 0.717) is 11.6 Å². The van der Waals surface area contributed by atoms with Crippen LogP contribution in [0.1, 0.15) is 0 Å². The standard InChI is InChI=1S/C9H10N4/c10-8-6-12-9(13(8)11)7-4-2-1-3-5-7/h1-6H,10-11H2. The van der Waals surface area contributed by atoms with Crippen LogP contribution >= 0.6 is 0 Å². The minimum absolute atomic E-state index is 0.457. The molecule has 0 amide bonds. The normalized spacial score (nSPS) is 10.2. The van der Waals surface area contributed by atoms with Gasteiger partial charge in [-0.2, -0.15) is 0 Å². The van der Waals surface area contributed by atoms with Crippen molar-refractivity contribution in [3.8, 4) is 11.4 Å². The molecule has 4 N–H and O–H groups in total. The molecule has 1 aromatic heterocycles. The van der Waals surface area contributed by atoms with Crippen LogP contribution in [0.5, 0.6) is 0 Å². The smallest absolute Gasteiger partial charge is 0.160 e. The molecule has 0 saturated carbocycles. The van der Waals surface area contributed by atoms with E-state index in [4.69, 9.17) is 11.6 Å². The molecule has 0 atom stereocenters. The first-order valence-electron chi connectivity index (χ1n) is 3.93. The summed E-state index contributed by atoms with van der Waals surface area (Å²) in [6.45, 7) is 0. The van der Waals surface area contributed by atoms with Crippen LogP contribution in [0, 0.1) is 0 Å². The molecule has 0 radical (unpaired) electrons. The van der Waals surface area contributed by atoms with Crippen molar-refractivity contribution in [3.63, 3.8) is 0 Å². The average Bonchev–Trinajstić information content (AvgIpc) is 2.49. The van der Waals surface area contributed by atoms with Gasteiger partial charge in [-0.1, -0.05) is 30.3 Å². The third-order valence-corrected chi connectivity index (χ3v) is 1.86. The van der Waals surface area contributed by atoms with E-state index in [1.807, 2.05) is 30.3 Å². The number of benzene rings is 1. The van der Waals surface area contributed by atoms with Crippen molar-refractivity contribution in [1.82, 2.24) is 9.66 Å². The zero-order chi connectivity index (χ0) is 9.26. The molecule has 0 unspecified atom stereocenters. The highest BCUT2D eigenvalue weighted by atomic mass is 15.4. The van der Waals surface area contributed by atoms with Crippen LogP contribution in [-0.2, 0) is 0 Å². The van der Waals surface area contributed by atoms with Gasteiger partial charge in [-0.15, -0.1) is 0 Å². The SMILES string of the molecule is Nc1cnc(-c2ccccc2)n1N. The van der Waals surface area contributed by atoms with Gasteiger partial charge in [-0.05, 0) is 0 Å². The third kappa shape index (κ3) is 1.22. The van der Waals surface area contributed by atoms with Crippen LogP contribution in [0.25, 0.3) is 11.4 Å². The molecule has 2 rings (SSSR count). The van der Waals surface area contributed by atoms with E-state index in [1.165, 1.54) is 4.68 Å². The van der Waals surface area contributed by atoms with Crippen LogP contribution in [0.15, 0.2) is 36.5 Å². The van der Waals surface area contributed by atoms with E-state index in [1.54, 1.807) is 6.20 Å². The van der Waals surface area contributed by atoms with Gasteiger partial charge in [-0.3, -0.25) is 0 Å². The summed E-state index contributed by atoms with van der Waals surface area (Å²) < 4.78 is 1.37. The molecule has 4 nitrogen and oxygen atoms in total. The van der Waals surface area contributed by atoms with Crippen molar-refractivity contribution in [2.75, 3.05) is 11.6 Å². The van der Waals surface area contributed by atoms with Crippen molar-refractivity contribution >= 4 is 5.82 Å². The lowest BCUT2D eigenvalue weighted by Crippen LogP contribution is -2.12. The van der Waals surface area contributed by atoms with E-state index < -0.39 is 0 Å².